The van der Waals surface area contributed by atoms with Gasteiger partial charge in [-0.2, -0.15) is 0 Å². The van der Waals surface area contributed by atoms with E-state index in [0.29, 0.717) is 17.1 Å². The van der Waals surface area contributed by atoms with E-state index in [2.05, 4.69) is 5.32 Å². The number of benzene rings is 1. The molecule has 16 heavy (non-hydrogen) atoms. The van der Waals surface area contributed by atoms with Crippen molar-refractivity contribution in [3.05, 3.63) is 22.8 Å². The molecule has 0 saturated heterocycles. The van der Waals surface area contributed by atoms with Crippen molar-refractivity contribution >= 4 is 5.91 Å². The van der Waals surface area contributed by atoms with Crippen LogP contribution in [0, 0.1) is 13.8 Å². The van der Waals surface area contributed by atoms with E-state index in [9.17, 15) is 4.79 Å². The van der Waals surface area contributed by atoms with Crippen molar-refractivity contribution in [3.8, 4) is 11.5 Å². The van der Waals surface area contributed by atoms with Gasteiger partial charge in [-0.15, -0.1) is 0 Å². The maximum Gasteiger partial charge on any atom is 0.254 e. The SMILES string of the molecule is CNC(=O)c1cc(OC)c(C)c(C)c1OC. The summed E-state index contributed by atoms with van der Waals surface area (Å²) >= 11 is 0. The van der Waals surface area contributed by atoms with Crippen LogP contribution in [0.25, 0.3) is 0 Å². The standard InChI is InChI=1S/C12H17NO3/c1-7-8(2)11(16-5)9(12(14)13-3)6-10(7)15-4/h6H,1-5H3,(H,13,14). The zero-order valence-corrected chi connectivity index (χ0v) is 10.3. The zero-order chi connectivity index (χ0) is 12.3. The fraction of sp³-hybridized carbons (Fsp3) is 0.417. The number of ether oxygens (including phenoxy) is 2. The Kier molecular flexibility index (Phi) is 3.77. The second kappa shape index (κ2) is 4.88. The zero-order valence-electron chi connectivity index (χ0n) is 10.3. The number of nitrogens with one attached hydrogen (secondary N) is 1. The molecule has 4 heteroatoms. The van der Waals surface area contributed by atoms with Crippen LogP contribution in [0.2, 0.25) is 0 Å². The molecule has 0 heterocycles. The van der Waals surface area contributed by atoms with Gasteiger partial charge in [-0.1, -0.05) is 0 Å². The molecular weight excluding hydrogens is 206 g/mol. The highest BCUT2D eigenvalue weighted by atomic mass is 16.5. The van der Waals surface area contributed by atoms with Crippen molar-refractivity contribution in [2.75, 3.05) is 21.3 Å². The molecule has 1 aromatic carbocycles. The lowest BCUT2D eigenvalue weighted by Crippen LogP contribution is -2.19. The van der Waals surface area contributed by atoms with E-state index >= 15 is 0 Å². The Hall–Kier alpha value is -1.71. The molecule has 1 aromatic rings. The first kappa shape index (κ1) is 12.4. The Morgan fingerprint density at radius 3 is 2.25 bits per heavy atom. The van der Waals surface area contributed by atoms with Crippen LogP contribution in [0.1, 0.15) is 21.5 Å². The van der Waals surface area contributed by atoms with Crippen molar-refractivity contribution in [1.29, 1.82) is 0 Å². The van der Waals surface area contributed by atoms with Gasteiger partial charge in [0.1, 0.15) is 11.5 Å². The molecule has 0 aromatic heterocycles. The number of hydrogen-bond acceptors (Lipinski definition) is 3. The van der Waals surface area contributed by atoms with Crippen LogP contribution in [-0.2, 0) is 0 Å². The van der Waals surface area contributed by atoms with Crippen LogP contribution in [0.15, 0.2) is 6.07 Å². The quantitative estimate of drug-likeness (QED) is 0.848. The summed E-state index contributed by atoms with van der Waals surface area (Å²) in [5.74, 6) is 1.10. The first-order valence-corrected chi connectivity index (χ1v) is 5.01. The van der Waals surface area contributed by atoms with Crippen LogP contribution in [-0.4, -0.2) is 27.2 Å². The molecule has 0 aliphatic carbocycles. The molecule has 0 saturated carbocycles. The maximum atomic E-state index is 11.7. The van der Waals surface area contributed by atoms with E-state index in [1.807, 2.05) is 13.8 Å². The molecular formula is C12H17NO3. The largest absolute Gasteiger partial charge is 0.496 e. The van der Waals surface area contributed by atoms with E-state index < -0.39 is 0 Å². The summed E-state index contributed by atoms with van der Waals surface area (Å²) in [5, 5.41) is 2.58. The van der Waals surface area contributed by atoms with Crippen LogP contribution in [0.3, 0.4) is 0 Å². The van der Waals surface area contributed by atoms with Gasteiger partial charge in [0.25, 0.3) is 5.91 Å². The highest BCUT2D eigenvalue weighted by Gasteiger charge is 2.18. The molecule has 0 radical (unpaired) electrons. The number of carbonyl (C=O) groups is 1. The van der Waals surface area contributed by atoms with Gasteiger partial charge in [0.15, 0.2) is 0 Å². The van der Waals surface area contributed by atoms with Crippen molar-refractivity contribution < 1.29 is 14.3 Å². The van der Waals surface area contributed by atoms with Crippen molar-refractivity contribution in [1.82, 2.24) is 5.32 Å². The minimum atomic E-state index is -0.182. The van der Waals surface area contributed by atoms with E-state index in [0.717, 1.165) is 11.1 Å². The van der Waals surface area contributed by atoms with Gasteiger partial charge in [0.2, 0.25) is 0 Å². The van der Waals surface area contributed by atoms with Gasteiger partial charge in [-0.25, -0.2) is 0 Å². The Morgan fingerprint density at radius 1 is 1.19 bits per heavy atom. The van der Waals surface area contributed by atoms with Gasteiger partial charge in [-0.05, 0) is 31.0 Å². The summed E-state index contributed by atoms with van der Waals surface area (Å²) in [6, 6.07) is 1.69. The monoisotopic (exact) mass is 223 g/mol. The normalized spacial score (nSPS) is 9.81. The third-order valence-corrected chi connectivity index (χ3v) is 2.69. The van der Waals surface area contributed by atoms with Crippen LogP contribution in [0.5, 0.6) is 11.5 Å². The molecule has 0 bridgehead atoms. The van der Waals surface area contributed by atoms with E-state index in [1.54, 1.807) is 27.3 Å². The van der Waals surface area contributed by atoms with Crippen LogP contribution >= 0.6 is 0 Å². The van der Waals surface area contributed by atoms with Gasteiger partial charge >= 0.3 is 0 Å². The minimum absolute atomic E-state index is 0.182. The Labute approximate surface area is 95.6 Å². The first-order chi connectivity index (χ1) is 7.56. The third-order valence-electron chi connectivity index (χ3n) is 2.69. The predicted octanol–water partition coefficient (Wildman–Crippen LogP) is 1.68. The summed E-state index contributed by atoms with van der Waals surface area (Å²) < 4.78 is 10.5. The molecule has 0 spiro atoms. The number of rotatable bonds is 3. The molecule has 1 amide bonds. The van der Waals surface area contributed by atoms with Crippen molar-refractivity contribution in [3.63, 3.8) is 0 Å². The topological polar surface area (TPSA) is 47.6 Å². The molecule has 1 N–H and O–H groups in total. The molecule has 0 aliphatic heterocycles. The highest BCUT2D eigenvalue weighted by Crippen LogP contribution is 2.33. The molecule has 0 aliphatic rings. The summed E-state index contributed by atoms with van der Waals surface area (Å²) in [6.45, 7) is 3.84. The predicted molar refractivity (Wildman–Crippen MR) is 62.4 cm³/mol. The molecule has 88 valence electrons. The highest BCUT2D eigenvalue weighted by molar-refractivity contribution is 5.98. The average Bonchev–Trinajstić information content (AvgIpc) is 2.31. The number of amides is 1. The lowest BCUT2D eigenvalue weighted by atomic mass is 10.0. The van der Waals surface area contributed by atoms with Crippen molar-refractivity contribution in [2.24, 2.45) is 0 Å². The summed E-state index contributed by atoms with van der Waals surface area (Å²) in [6.07, 6.45) is 0. The average molecular weight is 223 g/mol. The molecule has 0 fully saturated rings. The smallest absolute Gasteiger partial charge is 0.254 e. The summed E-state index contributed by atoms with van der Waals surface area (Å²) in [7, 11) is 4.73. The minimum Gasteiger partial charge on any atom is -0.496 e. The number of carbonyl (C=O) groups excluding carboxylic acids is 1. The van der Waals surface area contributed by atoms with Gasteiger partial charge in [0, 0.05) is 7.05 Å². The first-order valence-electron chi connectivity index (χ1n) is 5.01. The lowest BCUT2D eigenvalue weighted by molar-refractivity contribution is 0.0959. The maximum absolute atomic E-state index is 11.7. The molecule has 0 atom stereocenters. The molecule has 1 rings (SSSR count). The van der Waals surface area contributed by atoms with E-state index in [-0.39, 0.29) is 5.91 Å². The number of methoxy groups -OCH3 is 2. The summed E-state index contributed by atoms with van der Waals surface area (Å²) in [5.41, 5.74) is 2.39. The fourth-order valence-corrected chi connectivity index (χ4v) is 1.64. The van der Waals surface area contributed by atoms with Gasteiger partial charge in [-0.3, -0.25) is 4.79 Å². The molecule has 4 nitrogen and oxygen atoms in total. The Morgan fingerprint density at radius 2 is 1.81 bits per heavy atom. The second-order valence-corrected chi connectivity index (χ2v) is 3.49. The Balaban J connectivity index is 3.47. The fourth-order valence-electron chi connectivity index (χ4n) is 1.64. The number of hydrogen-bond donors (Lipinski definition) is 1. The molecule has 0 unspecified atom stereocenters. The Bertz CT molecular complexity index is 413. The lowest BCUT2D eigenvalue weighted by Gasteiger charge is -2.15. The van der Waals surface area contributed by atoms with Gasteiger partial charge < -0.3 is 14.8 Å². The van der Waals surface area contributed by atoms with E-state index in [1.165, 1.54) is 0 Å². The van der Waals surface area contributed by atoms with Gasteiger partial charge in [0.05, 0.1) is 19.8 Å². The summed E-state index contributed by atoms with van der Waals surface area (Å²) in [4.78, 5) is 11.7. The van der Waals surface area contributed by atoms with Crippen LogP contribution in [0.4, 0.5) is 0 Å². The van der Waals surface area contributed by atoms with Crippen LogP contribution < -0.4 is 14.8 Å². The van der Waals surface area contributed by atoms with E-state index in [4.69, 9.17) is 9.47 Å². The second-order valence-electron chi connectivity index (χ2n) is 3.49. The van der Waals surface area contributed by atoms with Crippen molar-refractivity contribution in [2.45, 2.75) is 13.8 Å². The third kappa shape index (κ3) is 1.96.